The molecular formula is C29H34Cl2SiZr. The summed E-state index contributed by atoms with van der Waals surface area (Å²) < 4.78 is -1.13. The summed E-state index contributed by atoms with van der Waals surface area (Å²) in [6.45, 7) is 15.6. The van der Waals surface area contributed by atoms with Crippen LogP contribution in [0.25, 0.3) is 11.6 Å². The van der Waals surface area contributed by atoms with Crippen LogP contribution in [0.4, 0.5) is 0 Å². The average molecular weight is 573 g/mol. The van der Waals surface area contributed by atoms with Crippen molar-refractivity contribution in [3.8, 4) is 0 Å². The van der Waals surface area contributed by atoms with E-state index in [0.29, 0.717) is 21.4 Å². The zero-order chi connectivity index (χ0) is 23.4. The SMILES string of the molecule is CC1=Cc2cc(CC(C)C)ccc2C1(Cl)[Si]C1(Cl)C(C)=C(C)c2cc(CC(C)C)ccc21.[Zr]. The van der Waals surface area contributed by atoms with E-state index < -0.39 is 8.99 Å². The average Bonchev–Trinajstić information content (AvgIpc) is 3.04. The Morgan fingerprint density at radius 1 is 0.788 bits per heavy atom. The van der Waals surface area contributed by atoms with E-state index in [1.54, 1.807) is 0 Å². The van der Waals surface area contributed by atoms with Crippen LogP contribution < -0.4 is 0 Å². The molecule has 0 N–H and O–H groups in total. The van der Waals surface area contributed by atoms with Gasteiger partial charge in [0.15, 0.2) is 0 Å². The second-order valence-electron chi connectivity index (χ2n) is 10.5. The predicted molar refractivity (Wildman–Crippen MR) is 143 cm³/mol. The number of hydrogen-bond acceptors (Lipinski definition) is 0. The van der Waals surface area contributed by atoms with Gasteiger partial charge in [0.05, 0.1) is 8.99 Å². The Kier molecular flexibility index (Phi) is 8.18. The Hall–Kier alpha value is -0.400. The summed E-state index contributed by atoms with van der Waals surface area (Å²) in [6, 6.07) is 13.7. The van der Waals surface area contributed by atoms with E-state index in [1.165, 1.54) is 50.1 Å². The van der Waals surface area contributed by atoms with Gasteiger partial charge >= 0.3 is 0 Å². The summed E-state index contributed by atoms with van der Waals surface area (Å²) in [6.07, 6.45) is 4.45. The molecule has 0 heterocycles. The van der Waals surface area contributed by atoms with Crippen molar-refractivity contribution in [1.29, 1.82) is 0 Å². The quantitative estimate of drug-likeness (QED) is 0.241. The molecule has 0 nitrogen and oxygen atoms in total. The fraction of sp³-hybridized carbons (Fsp3) is 0.448. The van der Waals surface area contributed by atoms with E-state index in [9.17, 15) is 0 Å². The van der Waals surface area contributed by atoms with Gasteiger partial charge in [0.2, 0.25) is 0 Å². The summed E-state index contributed by atoms with van der Waals surface area (Å²) in [5.41, 5.74) is 11.5. The predicted octanol–water partition coefficient (Wildman–Crippen LogP) is 8.49. The third-order valence-electron chi connectivity index (χ3n) is 6.97. The van der Waals surface area contributed by atoms with Gasteiger partial charge in [-0.1, -0.05) is 75.7 Å². The smallest absolute Gasteiger partial charge is 0.114 e. The molecule has 2 atom stereocenters. The van der Waals surface area contributed by atoms with Gasteiger partial charge < -0.3 is 0 Å². The summed E-state index contributed by atoms with van der Waals surface area (Å²) >= 11 is 15.0. The molecule has 0 saturated heterocycles. The molecule has 2 unspecified atom stereocenters. The van der Waals surface area contributed by atoms with Crippen LogP contribution in [0, 0.1) is 11.8 Å². The molecule has 0 bridgehead atoms. The Bertz CT molecular complexity index is 1130. The number of halogens is 2. The van der Waals surface area contributed by atoms with Crippen molar-refractivity contribution in [1.82, 2.24) is 0 Å². The normalized spacial score (nSPS) is 23.7. The zero-order valence-corrected chi connectivity index (χ0v) is 25.8. The number of alkyl halides is 2. The largest absolute Gasteiger partial charge is 0.118 e. The molecule has 2 aromatic rings. The molecule has 0 fully saturated rings. The van der Waals surface area contributed by atoms with E-state index in [2.05, 4.69) is 90.9 Å². The number of hydrogen-bond donors (Lipinski definition) is 0. The van der Waals surface area contributed by atoms with Gasteiger partial charge in [-0.15, -0.1) is 23.2 Å². The van der Waals surface area contributed by atoms with Gasteiger partial charge in [-0.3, -0.25) is 0 Å². The molecule has 4 rings (SSSR count). The molecule has 4 heteroatoms. The molecule has 2 aromatic carbocycles. The van der Waals surface area contributed by atoms with Crippen LogP contribution in [0.15, 0.2) is 47.5 Å². The van der Waals surface area contributed by atoms with Gasteiger partial charge in [0, 0.05) is 26.2 Å². The fourth-order valence-electron chi connectivity index (χ4n) is 5.22. The minimum absolute atomic E-state index is 0. The van der Waals surface area contributed by atoms with Crippen LogP contribution in [-0.2, 0) is 48.0 Å². The second kappa shape index (κ2) is 9.93. The molecule has 2 aliphatic rings. The standard InChI is InChI=1S/C29H34Cl2Si.Zr/c1-17(2)12-22-8-10-26-24(15-22)14-19(5)28(26,30)32-29(31)21(7)20(6)25-16-23(13-18(3)4)9-11-27(25)29;/h8-11,14-18H,12-13H2,1-7H3;. The maximum atomic E-state index is 7.55. The third-order valence-corrected chi connectivity index (χ3v) is 10.5. The van der Waals surface area contributed by atoms with Crippen molar-refractivity contribution in [3.63, 3.8) is 0 Å². The molecule has 0 saturated carbocycles. The van der Waals surface area contributed by atoms with Crippen LogP contribution in [0.2, 0.25) is 0 Å². The van der Waals surface area contributed by atoms with Crippen LogP contribution in [0.5, 0.6) is 0 Å². The maximum absolute atomic E-state index is 7.55. The van der Waals surface area contributed by atoms with Crippen molar-refractivity contribution < 1.29 is 26.2 Å². The summed E-state index contributed by atoms with van der Waals surface area (Å²) in [5.74, 6) is 1.27. The van der Waals surface area contributed by atoms with Gasteiger partial charge in [0.1, 0.15) is 9.52 Å². The molecule has 0 amide bonds. The Balaban J connectivity index is 0.00000306. The van der Waals surface area contributed by atoms with Crippen molar-refractivity contribution >= 4 is 44.4 Å². The first kappa shape index (κ1) is 27.2. The topological polar surface area (TPSA) is 0 Å². The van der Waals surface area contributed by atoms with Crippen molar-refractivity contribution in [2.24, 2.45) is 11.8 Å². The number of allylic oxidation sites excluding steroid dienone is 3. The summed E-state index contributed by atoms with van der Waals surface area (Å²) in [5, 5.41) is 0. The molecule has 172 valence electrons. The van der Waals surface area contributed by atoms with E-state index in [0.717, 1.165) is 12.8 Å². The number of fused-ring (bicyclic) bond motifs is 2. The first-order valence-electron chi connectivity index (χ1n) is 11.8. The van der Waals surface area contributed by atoms with Crippen LogP contribution in [0.1, 0.15) is 81.8 Å². The summed E-state index contributed by atoms with van der Waals surface area (Å²) in [7, 11) is 0.316. The van der Waals surface area contributed by atoms with Crippen molar-refractivity contribution in [3.05, 3.63) is 80.9 Å². The van der Waals surface area contributed by atoms with E-state index in [1.807, 2.05) is 0 Å². The Labute approximate surface area is 232 Å². The Morgan fingerprint density at radius 3 is 1.91 bits per heavy atom. The van der Waals surface area contributed by atoms with Gasteiger partial charge in [-0.2, -0.15) is 0 Å². The zero-order valence-electron chi connectivity index (χ0n) is 20.9. The first-order valence-corrected chi connectivity index (χ1v) is 13.5. The number of benzene rings is 2. The van der Waals surface area contributed by atoms with Crippen LogP contribution >= 0.6 is 23.2 Å². The van der Waals surface area contributed by atoms with E-state index >= 15 is 0 Å². The number of rotatable bonds is 6. The van der Waals surface area contributed by atoms with E-state index in [-0.39, 0.29) is 26.2 Å². The van der Waals surface area contributed by atoms with Gasteiger partial charge in [-0.25, -0.2) is 0 Å². The van der Waals surface area contributed by atoms with Crippen molar-refractivity contribution in [2.45, 2.75) is 70.3 Å². The second-order valence-corrected chi connectivity index (χ2v) is 14.0. The van der Waals surface area contributed by atoms with E-state index in [4.69, 9.17) is 23.2 Å². The third kappa shape index (κ3) is 4.84. The first-order chi connectivity index (χ1) is 15.0. The molecular weight excluding hydrogens is 539 g/mol. The summed E-state index contributed by atoms with van der Waals surface area (Å²) in [4.78, 5) is 0. The maximum Gasteiger partial charge on any atom is 0.118 e. The molecule has 0 spiro atoms. The molecule has 2 radical (unpaired) electrons. The van der Waals surface area contributed by atoms with Gasteiger partial charge in [-0.05, 0) is 90.0 Å². The van der Waals surface area contributed by atoms with Crippen molar-refractivity contribution in [2.75, 3.05) is 0 Å². The van der Waals surface area contributed by atoms with Crippen LogP contribution in [-0.4, -0.2) is 9.52 Å². The molecule has 0 aromatic heterocycles. The minimum atomic E-state index is -0.565. The Morgan fingerprint density at radius 2 is 1.33 bits per heavy atom. The molecule has 2 aliphatic carbocycles. The molecule has 33 heavy (non-hydrogen) atoms. The van der Waals surface area contributed by atoms with Gasteiger partial charge in [0.25, 0.3) is 0 Å². The fourth-order valence-corrected chi connectivity index (χ4v) is 8.58. The van der Waals surface area contributed by atoms with Crippen LogP contribution in [0.3, 0.4) is 0 Å². The minimum Gasteiger partial charge on any atom is -0.114 e. The monoisotopic (exact) mass is 570 g/mol. The molecule has 0 aliphatic heterocycles.